The highest BCUT2D eigenvalue weighted by molar-refractivity contribution is 5.99. The summed E-state index contributed by atoms with van der Waals surface area (Å²) in [5.41, 5.74) is 7.57. The van der Waals surface area contributed by atoms with Gasteiger partial charge in [0.1, 0.15) is 5.82 Å². The van der Waals surface area contributed by atoms with Crippen LogP contribution < -0.4 is 16.0 Å². The van der Waals surface area contributed by atoms with E-state index in [0.717, 1.165) is 27.1 Å². The maximum atomic E-state index is 13.1. The number of hydrogen-bond acceptors (Lipinski definition) is 8. The molecule has 4 rings (SSSR count). The van der Waals surface area contributed by atoms with E-state index >= 15 is 0 Å². The number of hydrogen-bond donors (Lipinski definition) is 2. The molecule has 0 spiro atoms. The van der Waals surface area contributed by atoms with E-state index in [1.54, 1.807) is 6.20 Å². The molecule has 0 radical (unpaired) electrons. The molecule has 1 aliphatic rings. The van der Waals surface area contributed by atoms with Crippen LogP contribution in [0.1, 0.15) is 5.69 Å². The van der Waals surface area contributed by atoms with Gasteiger partial charge in [0, 0.05) is 55.6 Å². The van der Waals surface area contributed by atoms with Gasteiger partial charge in [0.05, 0.1) is 12.2 Å². The second-order valence-electron chi connectivity index (χ2n) is 7.37. The van der Waals surface area contributed by atoms with Crippen LogP contribution in [0.2, 0.25) is 0 Å². The van der Waals surface area contributed by atoms with E-state index in [9.17, 15) is 13.2 Å². The average Bonchev–Trinajstić information content (AvgIpc) is 2.81. The Bertz CT molecular complexity index is 1150. The van der Waals surface area contributed by atoms with Gasteiger partial charge < -0.3 is 20.9 Å². The number of anilines is 3. The van der Waals surface area contributed by atoms with Crippen LogP contribution in [-0.4, -0.2) is 65.0 Å². The first-order valence-corrected chi connectivity index (χ1v) is 10.2. The Hall–Kier alpha value is -3.96. The summed E-state index contributed by atoms with van der Waals surface area (Å²) in [7, 11) is 0. The molecule has 0 bridgehead atoms. The Morgan fingerprint density at radius 3 is 2.52 bits per heavy atom. The summed E-state index contributed by atoms with van der Waals surface area (Å²) >= 11 is 0. The first kappa shape index (κ1) is 22.2. The number of pyridine rings is 1. The van der Waals surface area contributed by atoms with Crippen LogP contribution in [-0.2, 0) is 6.54 Å². The van der Waals surface area contributed by atoms with Crippen molar-refractivity contribution in [2.75, 3.05) is 42.1 Å². The number of piperazine rings is 1. The van der Waals surface area contributed by atoms with Gasteiger partial charge in [0.2, 0.25) is 5.84 Å². The second-order valence-corrected chi connectivity index (χ2v) is 7.37. The number of benzene rings is 1. The minimum atomic E-state index is -4.58. The van der Waals surface area contributed by atoms with Gasteiger partial charge in [-0.3, -0.25) is 0 Å². The van der Waals surface area contributed by atoms with Crippen LogP contribution in [0.4, 0.5) is 30.5 Å². The molecule has 1 aromatic carbocycles. The molecule has 3 N–H and O–H groups in total. The largest absolute Gasteiger partial charge is 0.451 e. The van der Waals surface area contributed by atoms with Crippen LogP contribution in [0.15, 0.2) is 52.8 Å². The molecule has 9 nitrogen and oxygen atoms in total. The number of halogens is 3. The zero-order valence-corrected chi connectivity index (χ0v) is 17.6. The fourth-order valence-corrected chi connectivity index (χ4v) is 3.70. The molecule has 3 heterocycles. The number of fused-ring (bicyclic) bond motifs is 1. The molecular weight excluding hydrogens is 435 g/mol. The molecule has 1 saturated heterocycles. The normalized spacial score (nSPS) is 15.1. The Labute approximate surface area is 187 Å². The maximum absolute atomic E-state index is 13.1. The fourth-order valence-electron chi connectivity index (χ4n) is 3.70. The molecule has 0 amide bonds. The summed E-state index contributed by atoms with van der Waals surface area (Å²) < 4.78 is 39.4. The number of nitrogens with two attached hydrogens (primary N) is 1. The Morgan fingerprint density at radius 2 is 1.85 bits per heavy atom. The lowest BCUT2D eigenvalue weighted by molar-refractivity contribution is -0.0693. The topological polar surface area (TPSA) is 108 Å². The van der Waals surface area contributed by atoms with E-state index in [-0.39, 0.29) is 13.1 Å². The summed E-state index contributed by atoms with van der Waals surface area (Å²) in [4.78, 5) is 7.15. The molecule has 172 valence electrons. The molecule has 3 aromatic rings. The number of alkyl halides is 3. The number of amidine groups is 1. The predicted molar refractivity (Wildman–Crippen MR) is 122 cm³/mol. The Kier molecular flexibility index (Phi) is 6.24. The number of aromatic nitrogens is 3. The van der Waals surface area contributed by atoms with Crippen molar-refractivity contribution in [3.05, 3.63) is 48.3 Å². The highest BCUT2D eigenvalue weighted by Gasteiger charge is 2.41. The van der Waals surface area contributed by atoms with Crippen LogP contribution in [0, 0.1) is 0 Å². The predicted octanol–water partition coefficient (Wildman–Crippen LogP) is 2.92. The van der Waals surface area contributed by atoms with Crippen molar-refractivity contribution in [2.24, 2.45) is 10.2 Å². The Morgan fingerprint density at radius 1 is 1.06 bits per heavy atom. The van der Waals surface area contributed by atoms with Crippen molar-refractivity contribution in [3.63, 3.8) is 0 Å². The summed E-state index contributed by atoms with van der Waals surface area (Å²) in [5, 5.41) is 19.9. The standard InChI is InChI=1S/C21H22F3N9/c1-26-31-20(21(22,23)24)33-11-9-32(10-12-33)18-6-5-14(29-30-18)13-28-17-4-2-3-16-15(17)7-8-27-19(16)25/h2-8,28H,1,9-13H2,(H2,25,27)/b31-20-. The van der Waals surface area contributed by atoms with Crippen LogP contribution in [0.5, 0.6) is 0 Å². The van der Waals surface area contributed by atoms with E-state index in [1.807, 2.05) is 41.3 Å². The van der Waals surface area contributed by atoms with Crippen LogP contribution in [0.25, 0.3) is 10.8 Å². The fraction of sp³-hybridized carbons (Fsp3) is 0.286. The summed E-state index contributed by atoms with van der Waals surface area (Å²) in [5.74, 6) is 0.0418. The third-order valence-corrected chi connectivity index (χ3v) is 5.32. The van der Waals surface area contributed by atoms with Crippen molar-refractivity contribution in [3.8, 4) is 0 Å². The molecule has 1 fully saturated rings. The smallest absolute Gasteiger partial charge is 0.383 e. The lowest BCUT2D eigenvalue weighted by Crippen LogP contribution is -2.52. The van der Waals surface area contributed by atoms with Crippen molar-refractivity contribution < 1.29 is 13.2 Å². The second kappa shape index (κ2) is 9.27. The van der Waals surface area contributed by atoms with Gasteiger partial charge in [-0.2, -0.15) is 23.4 Å². The van der Waals surface area contributed by atoms with E-state index in [2.05, 4.69) is 37.4 Å². The average molecular weight is 457 g/mol. The monoisotopic (exact) mass is 457 g/mol. The van der Waals surface area contributed by atoms with Crippen LogP contribution in [0.3, 0.4) is 0 Å². The van der Waals surface area contributed by atoms with E-state index < -0.39 is 12.0 Å². The molecular formula is C21H22F3N9. The SMILES string of the molecule is C=N/N=C(\N1CCN(c2ccc(CNc3cccc4c(N)nccc34)nn2)CC1)C(F)(F)F. The van der Waals surface area contributed by atoms with Gasteiger partial charge in [-0.1, -0.05) is 12.1 Å². The quantitative estimate of drug-likeness (QED) is 0.345. The van der Waals surface area contributed by atoms with Gasteiger partial charge >= 0.3 is 6.18 Å². The van der Waals surface area contributed by atoms with Gasteiger partial charge in [-0.15, -0.1) is 10.2 Å². The van der Waals surface area contributed by atoms with E-state index in [0.29, 0.717) is 31.3 Å². The molecule has 0 saturated carbocycles. The molecule has 0 unspecified atom stereocenters. The van der Waals surface area contributed by atoms with Crippen molar-refractivity contribution >= 4 is 40.6 Å². The first-order chi connectivity index (χ1) is 15.9. The minimum Gasteiger partial charge on any atom is -0.383 e. The Balaban J connectivity index is 1.37. The number of rotatable bonds is 5. The number of nitrogens with zero attached hydrogens (tertiary/aromatic N) is 7. The third-order valence-electron chi connectivity index (χ3n) is 5.32. The molecule has 0 atom stereocenters. The lowest BCUT2D eigenvalue weighted by atomic mass is 10.1. The first-order valence-electron chi connectivity index (χ1n) is 10.2. The zero-order valence-electron chi connectivity index (χ0n) is 17.6. The minimum absolute atomic E-state index is 0.137. The zero-order chi connectivity index (χ0) is 23.4. The van der Waals surface area contributed by atoms with Gasteiger partial charge in [-0.25, -0.2) is 4.98 Å². The molecule has 12 heteroatoms. The number of nitrogen functional groups attached to an aromatic ring is 1. The maximum Gasteiger partial charge on any atom is 0.451 e. The molecule has 0 aliphatic carbocycles. The highest BCUT2D eigenvalue weighted by atomic mass is 19.4. The molecule has 33 heavy (non-hydrogen) atoms. The lowest BCUT2D eigenvalue weighted by Gasteiger charge is -2.36. The van der Waals surface area contributed by atoms with E-state index in [1.165, 1.54) is 0 Å². The number of nitrogens with one attached hydrogen (secondary N) is 1. The van der Waals surface area contributed by atoms with Gasteiger partial charge in [-0.05, 0) is 24.3 Å². The van der Waals surface area contributed by atoms with Crippen molar-refractivity contribution in [2.45, 2.75) is 12.7 Å². The van der Waals surface area contributed by atoms with Gasteiger partial charge in [0.15, 0.2) is 5.82 Å². The highest BCUT2D eigenvalue weighted by Crippen LogP contribution is 2.26. The van der Waals surface area contributed by atoms with Crippen molar-refractivity contribution in [1.82, 2.24) is 20.1 Å². The molecule has 1 aliphatic heterocycles. The van der Waals surface area contributed by atoms with E-state index in [4.69, 9.17) is 5.73 Å². The molecule has 2 aromatic heterocycles. The van der Waals surface area contributed by atoms with Crippen LogP contribution >= 0.6 is 0 Å². The summed E-state index contributed by atoms with van der Waals surface area (Å²) in [6, 6.07) is 11.3. The van der Waals surface area contributed by atoms with Crippen molar-refractivity contribution in [1.29, 1.82) is 0 Å². The van der Waals surface area contributed by atoms with Gasteiger partial charge in [0.25, 0.3) is 0 Å². The third kappa shape index (κ3) is 4.94. The summed E-state index contributed by atoms with van der Waals surface area (Å²) in [6.45, 7) is 4.45. The summed E-state index contributed by atoms with van der Waals surface area (Å²) in [6.07, 6.45) is -2.92.